The number of methoxy groups -OCH3 is 1. The van der Waals surface area contributed by atoms with Crippen LogP contribution in [0.1, 0.15) is 25.5 Å². The van der Waals surface area contributed by atoms with E-state index in [0.717, 1.165) is 18.5 Å². The number of ether oxygens (including phenoxy) is 1. The first-order valence-electron chi connectivity index (χ1n) is 5.50. The molecule has 1 heterocycles. The van der Waals surface area contributed by atoms with Crippen molar-refractivity contribution in [2.75, 3.05) is 13.7 Å². The standard InChI is InChI=1S/C11H17ClN2O2/c1-8-5-11(15,6-8)10-9(12)7-13-14(10)3-4-16-2/h7-8,15H,3-6H2,1-2H3. The summed E-state index contributed by atoms with van der Waals surface area (Å²) in [6.45, 7) is 3.31. The van der Waals surface area contributed by atoms with Crippen molar-refractivity contribution in [3.63, 3.8) is 0 Å². The lowest BCUT2D eigenvalue weighted by molar-refractivity contribution is -0.0808. The molecule has 0 aromatic carbocycles. The predicted octanol–water partition coefficient (Wildman–Crippen LogP) is 1.80. The second kappa shape index (κ2) is 4.35. The van der Waals surface area contributed by atoms with Crippen LogP contribution in [0, 0.1) is 5.92 Å². The maximum Gasteiger partial charge on any atom is 0.108 e. The second-order valence-electron chi connectivity index (χ2n) is 4.60. The van der Waals surface area contributed by atoms with Crippen LogP contribution in [0.25, 0.3) is 0 Å². The molecular weight excluding hydrogens is 228 g/mol. The molecule has 0 aliphatic heterocycles. The predicted molar refractivity (Wildman–Crippen MR) is 61.4 cm³/mol. The van der Waals surface area contributed by atoms with Crippen molar-refractivity contribution in [2.45, 2.75) is 31.9 Å². The van der Waals surface area contributed by atoms with Crippen molar-refractivity contribution in [3.05, 3.63) is 16.9 Å². The SMILES string of the molecule is COCCn1ncc(Cl)c1C1(O)CC(C)C1. The van der Waals surface area contributed by atoms with E-state index in [1.54, 1.807) is 18.0 Å². The highest BCUT2D eigenvalue weighted by molar-refractivity contribution is 6.31. The van der Waals surface area contributed by atoms with Crippen molar-refractivity contribution in [1.82, 2.24) is 9.78 Å². The molecule has 1 aliphatic carbocycles. The van der Waals surface area contributed by atoms with Crippen molar-refractivity contribution in [1.29, 1.82) is 0 Å². The minimum absolute atomic E-state index is 0.547. The molecule has 1 aromatic heterocycles. The lowest BCUT2D eigenvalue weighted by Gasteiger charge is -2.42. The lowest BCUT2D eigenvalue weighted by Crippen LogP contribution is -2.42. The molecule has 0 radical (unpaired) electrons. The molecule has 0 unspecified atom stereocenters. The zero-order valence-corrected chi connectivity index (χ0v) is 10.4. The summed E-state index contributed by atoms with van der Waals surface area (Å²) in [5.74, 6) is 0.548. The number of hydrogen-bond donors (Lipinski definition) is 1. The Balaban J connectivity index is 2.22. The maximum absolute atomic E-state index is 10.4. The number of aliphatic hydroxyl groups is 1. The van der Waals surface area contributed by atoms with Crippen LogP contribution in [-0.2, 0) is 16.9 Å². The molecule has 0 saturated heterocycles. The Morgan fingerprint density at radius 3 is 2.94 bits per heavy atom. The fourth-order valence-electron chi connectivity index (χ4n) is 2.46. The van der Waals surface area contributed by atoms with Gasteiger partial charge in [-0.25, -0.2) is 0 Å². The van der Waals surface area contributed by atoms with Gasteiger partial charge in [-0.3, -0.25) is 4.68 Å². The van der Waals surface area contributed by atoms with Crippen molar-refractivity contribution < 1.29 is 9.84 Å². The van der Waals surface area contributed by atoms with E-state index in [1.165, 1.54) is 0 Å². The molecule has 90 valence electrons. The summed E-state index contributed by atoms with van der Waals surface area (Å²) in [4.78, 5) is 0. The first-order valence-corrected chi connectivity index (χ1v) is 5.88. The van der Waals surface area contributed by atoms with Gasteiger partial charge in [0, 0.05) is 7.11 Å². The molecule has 0 bridgehead atoms. The lowest BCUT2D eigenvalue weighted by atomic mass is 9.70. The summed E-state index contributed by atoms with van der Waals surface area (Å²) in [5.41, 5.74) is -0.0508. The third-order valence-electron chi connectivity index (χ3n) is 3.12. The molecule has 0 amide bonds. The van der Waals surface area contributed by atoms with Crippen molar-refractivity contribution in [3.8, 4) is 0 Å². The van der Waals surface area contributed by atoms with Gasteiger partial charge in [-0.15, -0.1) is 0 Å². The van der Waals surface area contributed by atoms with Gasteiger partial charge in [0.15, 0.2) is 0 Å². The minimum Gasteiger partial charge on any atom is -0.383 e. The molecule has 16 heavy (non-hydrogen) atoms. The molecule has 2 rings (SSSR count). The molecule has 5 heteroatoms. The minimum atomic E-state index is -0.791. The third-order valence-corrected chi connectivity index (χ3v) is 3.39. The van der Waals surface area contributed by atoms with Gasteiger partial charge < -0.3 is 9.84 Å². The average Bonchev–Trinajstić information content (AvgIpc) is 2.55. The topological polar surface area (TPSA) is 47.3 Å². The average molecular weight is 245 g/mol. The Bertz CT molecular complexity index is 372. The van der Waals surface area contributed by atoms with Crippen LogP contribution >= 0.6 is 11.6 Å². The van der Waals surface area contributed by atoms with Gasteiger partial charge in [0.25, 0.3) is 0 Å². The molecule has 0 atom stereocenters. The number of nitrogens with zero attached hydrogens (tertiary/aromatic N) is 2. The maximum atomic E-state index is 10.4. The van der Waals surface area contributed by atoms with E-state index in [-0.39, 0.29) is 0 Å². The van der Waals surface area contributed by atoms with Gasteiger partial charge in [0.2, 0.25) is 0 Å². The summed E-state index contributed by atoms with van der Waals surface area (Å²) < 4.78 is 6.76. The van der Waals surface area contributed by atoms with Crippen LogP contribution < -0.4 is 0 Å². The summed E-state index contributed by atoms with van der Waals surface area (Å²) in [7, 11) is 1.64. The largest absolute Gasteiger partial charge is 0.383 e. The smallest absolute Gasteiger partial charge is 0.108 e. The summed E-state index contributed by atoms with van der Waals surface area (Å²) in [6.07, 6.45) is 3.10. The van der Waals surface area contributed by atoms with Gasteiger partial charge in [0.1, 0.15) is 5.60 Å². The summed E-state index contributed by atoms with van der Waals surface area (Å²) in [5, 5.41) is 15.1. The first kappa shape index (κ1) is 11.9. The number of halogens is 1. The molecule has 1 aliphatic rings. The zero-order chi connectivity index (χ0) is 11.8. The third kappa shape index (κ3) is 1.97. The highest BCUT2D eigenvalue weighted by atomic mass is 35.5. The van der Waals surface area contributed by atoms with E-state index in [9.17, 15) is 5.11 Å². The fourth-order valence-corrected chi connectivity index (χ4v) is 2.78. The quantitative estimate of drug-likeness (QED) is 0.879. The summed E-state index contributed by atoms with van der Waals surface area (Å²) >= 11 is 6.08. The van der Waals surface area contributed by atoms with E-state index < -0.39 is 5.60 Å². The molecular formula is C11H17ClN2O2. The molecule has 1 saturated carbocycles. The molecule has 1 fully saturated rings. The van der Waals surface area contributed by atoms with Gasteiger partial charge in [-0.1, -0.05) is 18.5 Å². The first-order chi connectivity index (χ1) is 7.57. The van der Waals surface area contributed by atoms with E-state index in [1.807, 2.05) is 0 Å². The second-order valence-corrected chi connectivity index (χ2v) is 5.01. The zero-order valence-electron chi connectivity index (χ0n) is 9.61. The molecule has 1 aromatic rings. The van der Waals surface area contributed by atoms with Crippen molar-refractivity contribution in [2.24, 2.45) is 5.92 Å². The van der Waals surface area contributed by atoms with Crippen molar-refractivity contribution >= 4 is 11.6 Å². The Morgan fingerprint density at radius 1 is 1.69 bits per heavy atom. The highest BCUT2D eigenvalue weighted by Crippen LogP contribution is 2.47. The van der Waals surface area contributed by atoms with Crippen LogP contribution in [-0.4, -0.2) is 28.6 Å². The number of rotatable bonds is 4. The van der Waals surface area contributed by atoms with Gasteiger partial charge in [0.05, 0.1) is 30.1 Å². The van der Waals surface area contributed by atoms with Gasteiger partial charge in [-0.05, 0) is 18.8 Å². The van der Waals surface area contributed by atoms with Crippen LogP contribution in [0.15, 0.2) is 6.20 Å². The Labute approximate surface area is 100 Å². The van der Waals surface area contributed by atoms with E-state index in [2.05, 4.69) is 12.0 Å². The highest BCUT2D eigenvalue weighted by Gasteiger charge is 2.45. The Morgan fingerprint density at radius 2 is 2.38 bits per heavy atom. The molecule has 0 spiro atoms. The Hall–Kier alpha value is -0.580. The number of aromatic nitrogens is 2. The Kier molecular flexibility index (Phi) is 3.24. The summed E-state index contributed by atoms with van der Waals surface area (Å²) in [6, 6.07) is 0. The van der Waals surface area contributed by atoms with E-state index >= 15 is 0 Å². The molecule has 1 N–H and O–H groups in total. The van der Waals surface area contributed by atoms with E-state index in [4.69, 9.17) is 16.3 Å². The van der Waals surface area contributed by atoms with E-state index in [0.29, 0.717) is 24.1 Å². The molecule has 4 nitrogen and oxygen atoms in total. The van der Waals surface area contributed by atoms with Gasteiger partial charge in [-0.2, -0.15) is 5.10 Å². The van der Waals surface area contributed by atoms with Crippen LogP contribution in [0.3, 0.4) is 0 Å². The fraction of sp³-hybridized carbons (Fsp3) is 0.727. The van der Waals surface area contributed by atoms with Crippen LogP contribution in [0.4, 0.5) is 0 Å². The monoisotopic (exact) mass is 244 g/mol. The normalized spacial score (nSPS) is 29.1. The van der Waals surface area contributed by atoms with Gasteiger partial charge >= 0.3 is 0 Å². The van der Waals surface area contributed by atoms with Crippen LogP contribution in [0.2, 0.25) is 5.02 Å². The van der Waals surface area contributed by atoms with Crippen LogP contribution in [0.5, 0.6) is 0 Å². The number of hydrogen-bond acceptors (Lipinski definition) is 3.